The minimum atomic E-state index is -0.995. The van der Waals surface area contributed by atoms with Crippen molar-refractivity contribution in [1.29, 1.82) is 0 Å². The number of halogens is 1. The first kappa shape index (κ1) is 14.8. The van der Waals surface area contributed by atoms with Crippen molar-refractivity contribution in [2.45, 2.75) is 33.2 Å². The molecule has 0 unspecified atom stereocenters. The fourth-order valence-corrected chi connectivity index (χ4v) is 2.04. The maximum Gasteiger partial charge on any atom is 0.412 e. The van der Waals surface area contributed by atoms with E-state index < -0.39 is 11.6 Å². The smallest absolute Gasteiger partial charge is 0.412 e. The first-order chi connectivity index (χ1) is 8.27. The van der Waals surface area contributed by atoms with Gasteiger partial charge >= 0.3 is 6.09 Å². The van der Waals surface area contributed by atoms with Gasteiger partial charge in [-0.05, 0) is 45.9 Å². The minimum absolute atomic E-state index is 0.487. The third kappa shape index (κ3) is 3.38. The highest BCUT2D eigenvalue weighted by atomic mass is 79.9. The molecule has 0 bridgehead atoms. The Morgan fingerprint density at radius 3 is 2.50 bits per heavy atom. The number of hydrogen-bond acceptors (Lipinski definition) is 2. The summed E-state index contributed by atoms with van der Waals surface area (Å²) in [7, 11) is 0. The van der Waals surface area contributed by atoms with Gasteiger partial charge in [0.15, 0.2) is 0 Å². The first-order valence-electron chi connectivity index (χ1n) is 5.73. The van der Waals surface area contributed by atoms with Crippen LogP contribution < -0.4 is 9.64 Å². The van der Waals surface area contributed by atoms with Crippen LogP contribution in [0.25, 0.3) is 0 Å². The summed E-state index contributed by atoms with van der Waals surface area (Å²) >= 11 is 3.36. The zero-order chi connectivity index (χ0) is 13.9. The molecule has 0 saturated heterocycles. The topological polar surface area (TPSA) is 49.8 Å². The van der Waals surface area contributed by atoms with Gasteiger partial charge in [-0.1, -0.05) is 15.9 Å². The van der Waals surface area contributed by atoms with Crippen LogP contribution in [0, 0.1) is 0 Å². The van der Waals surface area contributed by atoms with Crippen LogP contribution in [0.5, 0.6) is 5.75 Å². The van der Waals surface area contributed by atoms with Crippen LogP contribution >= 0.6 is 15.9 Å². The predicted molar refractivity (Wildman–Crippen MR) is 75.6 cm³/mol. The SMILES string of the molecule is CCOc1cc(Br)ccc1N(C(=O)O)C(C)(C)C. The summed E-state index contributed by atoms with van der Waals surface area (Å²) in [5, 5.41) is 9.38. The van der Waals surface area contributed by atoms with Crippen LogP contribution in [0.3, 0.4) is 0 Å². The van der Waals surface area contributed by atoms with Crippen molar-refractivity contribution in [3.05, 3.63) is 22.7 Å². The summed E-state index contributed by atoms with van der Waals surface area (Å²) in [6.07, 6.45) is -0.995. The average molecular weight is 316 g/mol. The van der Waals surface area contributed by atoms with Gasteiger partial charge in [-0.15, -0.1) is 0 Å². The molecule has 5 heteroatoms. The molecule has 0 aliphatic heterocycles. The Balaban J connectivity index is 3.32. The average Bonchev–Trinajstić information content (AvgIpc) is 2.19. The highest BCUT2D eigenvalue weighted by Gasteiger charge is 2.30. The summed E-state index contributed by atoms with van der Waals surface area (Å²) in [5.74, 6) is 0.559. The number of carboxylic acid groups (broad SMARTS) is 1. The van der Waals surface area contributed by atoms with Gasteiger partial charge in [0.2, 0.25) is 0 Å². The van der Waals surface area contributed by atoms with Crippen LogP contribution in [0.4, 0.5) is 10.5 Å². The van der Waals surface area contributed by atoms with E-state index in [4.69, 9.17) is 4.74 Å². The van der Waals surface area contributed by atoms with Crippen molar-refractivity contribution >= 4 is 27.7 Å². The highest BCUT2D eigenvalue weighted by Crippen LogP contribution is 2.35. The quantitative estimate of drug-likeness (QED) is 0.912. The lowest BCUT2D eigenvalue weighted by molar-refractivity contribution is 0.195. The Morgan fingerprint density at radius 2 is 2.06 bits per heavy atom. The lowest BCUT2D eigenvalue weighted by atomic mass is 10.1. The molecule has 0 aliphatic rings. The molecule has 1 aromatic rings. The second kappa shape index (κ2) is 5.61. The van der Waals surface area contributed by atoms with Crippen molar-refractivity contribution in [3.8, 4) is 5.75 Å². The Hall–Kier alpha value is -1.23. The summed E-state index contributed by atoms with van der Waals surface area (Å²) in [5.41, 5.74) is 0.0194. The molecule has 0 atom stereocenters. The Morgan fingerprint density at radius 1 is 1.44 bits per heavy atom. The number of ether oxygens (including phenoxy) is 1. The molecular formula is C13H18BrNO3. The highest BCUT2D eigenvalue weighted by molar-refractivity contribution is 9.10. The van der Waals surface area contributed by atoms with Gasteiger partial charge in [-0.25, -0.2) is 4.79 Å². The normalized spacial score (nSPS) is 11.2. The largest absolute Gasteiger partial charge is 0.492 e. The third-order valence-electron chi connectivity index (χ3n) is 2.32. The number of benzene rings is 1. The number of rotatable bonds is 3. The predicted octanol–water partition coefficient (Wildman–Crippen LogP) is 4.13. The standard InChI is InChI=1S/C13H18BrNO3/c1-5-18-11-8-9(14)6-7-10(11)15(12(16)17)13(2,3)4/h6-8H,5H2,1-4H3,(H,16,17). The Kier molecular flexibility index (Phi) is 4.62. The summed E-state index contributed by atoms with van der Waals surface area (Å²) < 4.78 is 6.36. The molecule has 1 rings (SSSR count). The molecule has 0 saturated carbocycles. The molecule has 1 N–H and O–H groups in total. The van der Waals surface area contributed by atoms with Crippen molar-refractivity contribution in [3.63, 3.8) is 0 Å². The van der Waals surface area contributed by atoms with E-state index in [1.807, 2.05) is 27.7 Å². The second-order valence-corrected chi connectivity index (χ2v) is 5.75. The van der Waals surface area contributed by atoms with Crippen LogP contribution in [0.1, 0.15) is 27.7 Å². The fraction of sp³-hybridized carbons (Fsp3) is 0.462. The van der Waals surface area contributed by atoms with E-state index >= 15 is 0 Å². The van der Waals surface area contributed by atoms with E-state index in [-0.39, 0.29) is 0 Å². The van der Waals surface area contributed by atoms with Gasteiger partial charge in [0.1, 0.15) is 5.75 Å². The van der Waals surface area contributed by atoms with E-state index in [0.717, 1.165) is 4.47 Å². The van der Waals surface area contributed by atoms with E-state index in [2.05, 4.69) is 15.9 Å². The van der Waals surface area contributed by atoms with Crippen LogP contribution in [-0.4, -0.2) is 23.3 Å². The summed E-state index contributed by atoms with van der Waals surface area (Å²) in [6.45, 7) is 7.89. The molecule has 0 spiro atoms. The molecular weight excluding hydrogens is 298 g/mol. The molecule has 0 aliphatic carbocycles. The molecule has 1 aromatic carbocycles. The molecule has 0 fully saturated rings. The maximum absolute atomic E-state index is 11.4. The van der Waals surface area contributed by atoms with Crippen molar-refractivity contribution in [2.24, 2.45) is 0 Å². The second-order valence-electron chi connectivity index (χ2n) is 4.83. The number of hydrogen-bond donors (Lipinski definition) is 1. The molecule has 0 heterocycles. The lowest BCUT2D eigenvalue weighted by Gasteiger charge is -2.34. The van der Waals surface area contributed by atoms with Gasteiger partial charge in [-0.3, -0.25) is 4.90 Å². The van der Waals surface area contributed by atoms with Gasteiger partial charge in [0.05, 0.1) is 12.3 Å². The third-order valence-corrected chi connectivity index (χ3v) is 2.82. The monoisotopic (exact) mass is 315 g/mol. The molecule has 0 radical (unpaired) electrons. The summed E-state index contributed by atoms with van der Waals surface area (Å²) in [6, 6.07) is 5.33. The van der Waals surface area contributed by atoms with E-state index in [1.165, 1.54) is 4.90 Å². The first-order valence-corrected chi connectivity index (χ1v) is 6.52. The van der Waals surface area contributed by atoms with Gasteiger partial charge in [0.25, 0.3) is 0 Å². The van der Waals surface area contributed by atoms with Gasteiger partial charge in [-0.2, -0.15) is 0 Å². The molecule has 100 valence electrons. The number of amides is 1. The Labute approximate surface area is 116 Å². The van der Waals surface area contributed by atoms with Crippen LogP contribution in [0.2, 0.25) is 0 Å². The maximum atomic E-state index is 11.4. The summed E-state index contributed by atoms with van der Waals surface area (Å²) in [4.78, 5) is 12.8. The number of carbonyl (C=O) groups is 1. The van der Waals surface area contributed by atoms with Crippen molar-refractivity contribution < 1.29 is 14.6 Å². The number of anilines is 1. The van der Waals surface area contributed by atoms with Gasteiger partial charge < -0.3 is 9.84 Å². The lowest BCUT2D eigenvalue weighted by Crippen LogP contribution is -2.45. The molecule has 0 aromatic heterocycles. The van der Waals surface area contributed by atoms with E-state index in [9.17, 15) is 9.90 Å². The molecule has 4 nitrogen and oxygen atoms in total. The van der Waals surface area contributed by atoms with Crippen LogP contribution in [-0.2, 0) is 0 Å². The van der Waals surface area contributed by atoms with Crippen LogP contribution in [0.15, 0.2) is 22.7 Å². The zero-order valence-electron chi connectivity index (χ0n) is 11.0. The number of nitrogens with zero attached hydrogens (tertiary/aromatic N) is 1. The van der Waals surface area contributed by atoms with Crippen molar-refractivity contribution in [2.75, 3.05) is 11.5 Å². The zero-order valence-corrected chi connectivity index (χ0v) is 12.6. The minimum Gasteiger partial charge on any atom is -0.492 e. The van der Waals surface area contributed by atoms with E-state index in [0.29, 0.717) is 18.0 Å². The Bertz CT molecular complexity index is 440. The fourth-order valence-electron chi connectivity index (χ4n) is 1.70. The van der Waals surface area contributed by atoms with E-state index in [1.54, 1.807) is 18.2 Å². The molecule has 1 amide bonds. The van der Waals surface area contributed by atoms with Crippen molar-refractivity contribution in [1.82, 2.24) is 0 Å². The van der Waals surface area contributed by atoms with Gasteiger partial charge in [0, 0.05) is 10.0 Å². The molecule has 18 heavy (non-hydrogen) atoms.